The summed E-state index contributed by atoms with van der Waals surface area (Å²) in [6.45, 7) is 9.33. The van der Waals surface area contributed by atoms with E-state index in [1.165, 1.54) is 83.5 Å². The third-order valence-corrected chi connectivity index (χ3v) is 7.01. The predicted octanol–water partition coefficient (Wildman–Crippen LogP) is 7.57. The van der Waals surface area contributed by atoms with Crippen LogP contribution in [0.3, 0.4) is 0 Å². The summed E-state index contributed by atoms with van der Waals surface area (Å²) in [5, 5.41) is 0. The van der Waals surface area contributed by atoms with Crippen molar-refractivity contribution in [2.45, 2.75) is 116 Å². The van der Waals surface area contributed by atoms with E-state index in [1.807, 2.05) is 0 Å². The Morgan fingerprint density at radius 3 is 1.33 bits per heavy atom. The minimum Gasteiger partial charge on any atom is -0.126 e. The number of hydrogen-bond donors (Lipinski definition) is 0. The summed E-state index contributed by atoms with van der Waals surface area (Å²) in [4.78, 5) is 0.348. The zero-order valence-corrected chi connectivity index (χ0v) is 17.7. The van der Waals surface area contributed by atoms with Crippen LogP contribution in [0.4, 0.5) is 0 Å². The molecule has 0 aromatic rings. The van der Waals surface area contributed by atoms with E-state index < -0.39 is 0 Å². The summed E-state index contributed by atoms with van der Waals surface area (Å²) >= 11 is 0. The molecule has 0 saturated heterocycles. The van der Waals surface area contributed by atoms with Crippen molar-refractivity contribution in [3.8, 4) is 0 Å². The van der Waals surface area contributed by atoms with Gasteiger partial charge in [-0.2, -0.15) is 0 Å². The van der Waals surface area contributed by atoms with Crippen LogP contribution in [-0.2, 0) is 0 Å². The van der Waals surface area contributed by atoms with Crippen LogP contribution < -0.4 is 0 Å². The van der Waals surface area contributed by atoms with Gasteiger partial charge >= 0.3 is 0 Å². The fraction of sp³-hybridized carbons (Fsp3) is 1.00. The maximum absolute atomic E-state index is 3.27. The van der Waals surface area contributed by atoms with Gasteiger partial charge < -0.3 is 0 Å². The zero-order chi connectivity index (χ0) is 16.2. The Labute approximate surface area is 140 Å². The van der Waals surface area contributed by atoms with Crippen LogP contribution in [0.5, 0.6) is 0 Å². The summed E-state index contributed by atoms with van der Waals surface area (Å²) in [6.07, 6.45) is 17.9. The fourth-order valence-electron chi connectivity index (χ4n) is 3.55. The minimum absolute atomic E-state index is 0.348. The molecule has 0 aliphatic heterocycles. The summed E-state index contributed by atoms with van der Waals surface area (Å²) < 4.78 is 0. The highest BCUT2D eigenvalue weighted by Gasteiger charge is 2.42. The van der Waals surface area contributed by atoms with Crippen molar-refractivity contribution in [2.75, 3.05) is 0 Å². The summed E-state index contributed by atoms with van der Waals surface area (Å²) in [6, 6.07) is 0. The van der Waals surface area contributed by atoms with Gasteiger partial charge in [-0.25, -0.2) is 0 Å². The lowest BCUT2D eigenvalue weighted by molar-refractivity contribution is 0.167. The van der Waals surface area contributed by atoms with E-state index >= 15 is 0 Å². The second-order valence-electron chi connectivity index (χ2n) is 7.09. The van der Waals surface area contributed by atoms with E-state index in [-0.39, 0.29) is 0 Å². The quantitative estimate of drug-likeness (QED) is 0.227. The lowest BCUT2D eigenvalue weighted by Gasteiger charge is -2.48. The average Bonchev–Trinajstić information content (AvgIpc) is 2.47. The van der Waals surface area contributed by atoms with Gasteiger partial charge in [0.15, 0.2) is 0 Å². The SMILES string of the molecule is CCCCCC(CCCC)(CCCC)C(P)(P)CCCC. The van der Waals surface area contributed by atoms with Gasteiger partial charge in [0, 0.05) is 4.90 Å². The van der Waals surface area contributed by atoms with Gasteiger partial charge in [-0.15, -0.1) is 18.5 Å². The largest absolute Gasteiger partial charge is 0.126 e. The molecule has 21 heavy (non-hydrogen) atoms. The Morgan fingerprint density at radius 1 is 0.524 bits per heavy atom. The molecule has 0 aromatic heterocycles. The first-order chi connectivity index (χ1) is 9.99. The van der Waals surface area contributed by atoms with Crippen molar-refractivity contribution < 1.29 is 0 Å². The Bertz CT molecular complexity index is 228. The third-order valence-electron chi connectivity index (χ3n) is 5.21. The second-order valence-corrected chi connectivity index (χ2v) is 9.82. The van der Waals surface area contributed by atoms with Gasteiger partial charge in [-0.3, -0.25) is 0 Å². The van der Waals surface area contributed by atoms with Crippen molar-refractivity contribution in [1.29, 1.82) is 0 Å². The molecule has 128 valence electrons. The molecule has 0 radical (unpaired) electrons. The Hall–Kier alpha value is 0.860. The number of unbranched alkanes of at least 4 members (excludes halogenated alkanes) is 5. The van der Waals surface area contributed by atoms with Gasteiger partial charge in [-0.1, -0.05) is 85.5 Å². The molecule has 0 aromatic carbocycles. The summed E-state index contributed by atoms with van der Waals surface area (Å²) in [5.41, 5.74) is 0.526. The van der Waals surface area contributed by atoms with Crippen molar-refractivity contribution in [2.24, 2.45) is 5.41 Å². The zero-order valence-electron chi connectivity index (χ0n) is 15.3. The topological polar surface area (TPSA) is 0 Å². The van der Waals surface area contributed by atoms with Crippen LogP contribution in [0.2, 0.25) is 0 Å². The molecule has 0 amide bonds. The first-order valence-corrected chi connectivity index (χ1v) is 10.7. The van der Waals surface area contributed by atoms with Gasteiger partial charge in [0.1, 0.15) is 0 Å². The Balaban J connectivity index is 5.08. The van der Waals surface area contributed by atoms with E-state index in [0.717, 1.165) is 0 Å². The molecular weight excluding hydrogens is 290 g/mol. The molecule has 0 aliphatic carbocycles. The maximum Gasteiger partial charge on any atom is 0.00487 e. The molecule has 2 heteroatoms. The molecule has 0 aliphatic rings. The maximum atomic E-state index is 3.27. The van der Waals surface area contributed by atoms with E-state index in [2.05, 4.69) is 46.2 Å². The highest BCUT2D eigenvalue weighted by molar-refractivity contribution is 7.40. The van der Waals surface area contributed by atoms with Crippen molar-refractivity contribution in [3.05, 3.63) is 0 Å². The smallest absolute Gasteiger partial charge is 0.00487 e. The third kappa shape index (κ3) is 7.79. The van der Waals surface area contributed by atoms with Gasteiger partial charge in [-0.05, 0) is 31.1 Å². The molecule has 0 heterocycles. The van der Waals surface area contributed by atoms with Crippen LogP contribution in [0.25, 0.3) is 0 Å². The molecule has 0 rings (SSSR count). The van der Waals surface area contributed by atoms with Gasteiger partial charge in [0.05, 0.1) is 0 Å². The van der Waals surface area contributed by atoms with E-state index in [1.54, 1.807) is 0 Å². The van der Waals surface area contributed by atoms with E-state index in [0.29, 0.717) is 10.3 Å². The summed E-state index contributed by atoms with van der Waals surface area (Å²) in [5.74, 6) is 0. The summed E-state index contributed by atoms with van der Waals surface area (Å²) in [7, 11) is 6.55. The Morgan fingerprint density at radius 2 is 0.905 bits per heavy atom. The van der Waals surface area contributed by atoms with Crippen molar-refractivity contribution in [1.82, 2.24) is 0 Å². The molecule has 0 N–H and O–H groups in total. The van der Waals surface area contributed by atoms with E-state index in [4.69, 9.17) is 0 Å². The molecule has 2 unspecified atom stereocenters. The highest BCUT2D eigenvalue weighted by Crippen LogP contribution is 2.56. The number of rotatable bonds is 14. The van der Waals surface area contributed by atoms with Gasteiger partial charge in [0.25, 0.3) is 0 Å². The van der Waals surface area contributed by atoms with Gasteiger partial charge in [0.2, 0.25) is 0 Å². The second kappa shape index (κ2) is 12.3. The van der Waals surface area contributed by atoms with Crippen molar-refractivity contribution >= 4 is 18.5 Å². The molecule has 0 spiro atoms. The first-order valence-electron chi connectivity index (χ1n) is 9.57. The normalized spacial score (nSPS) is 12.9. The van der Waals surface area contributed by atoms with Crippen LogP contribution in [-0.4, -0.2) is 4.90 Å². The first kappa shape index (κ1) is 21.9. The standard InChI is InChI=1S/C19H42P2/c1-5-9-13-16-18(14-10-6-2,15-11-7-3)19(20,21)17-12-8-4/h5-17,20-21H2,1-4H3. The van der Waals surface area contributed by atoms with Crippen LogP contribution >= 0.6 is 18.5 Å². The molecule has 2 atom stereocenters. The monoisotopic (exact) mass is 332 g/mol. The molecular formula is C19H42P2. The number of hydrogen-bond acceptors (Lipinski definition) is 0. The molecule has 0 nitrogen and oxygen atoms in total. The van der Waals surface area contributed by atoms with Crippen LogP contribution in [0, 0.1) is 5.41 Å². The average molecular weight is 332 g/mol. The Kier molecular flexibility index (Phi) is 12.8. The van der Waals surface area contributed by atoms with E-state index in [9.17, 15) is 0 Å². The lowest BCUT2D eigenvalue weighted by atomic mass is 9.70. The molecule has 0 saturated carbocycles. The lowest BCUT2D eigenvalue weighted by Crippen LogP contribution is -2.39. The van der Waals surface area contributed by atoms with Crippen molar-refractivity contribution in [3.63, 3.8) is 0 Å². The molecule has 0 fully saturated rings. The molecule has 0 bridgehead atoms. The van der Waals surface area contributed by atoms with Crippen LogP contribution in [0.1, 0.15) is 111 Å². The fourth-order valence-corrected chi connectivity index (χ4v) is 4.83. The van der Waals surface area contributed by atoms with Crippen LogP contribution in [0.15, 0.2) is 0 Å². The predicted molar refractivity (Wildman–Crippen MR) is 107 cm³/mol. The minimum atomic E-state index is 0.348. The highest BCUT2D eigenvalue weighted by atomic mass is 31.1.